The number of carbonyl (C=O) groups excluding carboxylic acids is 2. The molecule has 2 aromatic rings. The molecule has 0 atom stereocenters. The summed E-state index contributed by atoms with van der Waals surface area (Å²) in [5.41, 5.74) is 2.48. The largest absolute Gasteiger partial charge is 0.328 e. The van der Waals surface area contributed by atoms with E-state index in [0.717, 1.165) is 31.7 Å². The van der Waals surface area contributed by atoms with Crippen molar-refractivity contribution >= 4 is 11.9 Å². The molecule has 2 saturated heterocycles. The summed E-state index contributed by atoms with van der Waals surface area (Å²) in [6, 6.07) is 15.6. The lowest BCUT2D eigenvalue weighted by Crippen LogP contribution is -2.57. The SMILES string of the molecule is CC=C(C)CN1CCC2(CC1)C(=O)N(Cc1ccccn1)C(=O)N2CCc1ccccc1. The van der Waals surface area contributed by atoms with Gasteiger partial charge in [0.25, 0.3) is 5.91 Å². The van der Waals surface area contributed by atoms with Crippen LogP contribution in [-0.4, -0.2) is 63.3 Å². The minimum atomic E-state index is -0.749. The van der Waals surface area contributed by atoms with E-state index < -0.39 is 5.54 Å². The predicted octanol–water partition coefficient (Wildman–Crippen LogP) is 3.89. The molecule has 32 heavy (non-hydrogen) atoms. The number of hydrogen-bond donors (Lipinski definition) is 0. The van der Waals surface area contributed by atoms with Crippen molar-refractivity contribution in [3.63, 3.8) is 0 Å². The quantitative estimate of drug-likeness (QED) is 0.492. The van der Waals surface area contributed by atoms with E-state index in [4.69, 9.17) is 0 Å². The molecule has 3 heterocycles. The first-order valence-corrected chi connectivity index (χ1v) is 11.4. The highest BCUT2D eigenvalue weighted by Gasteiger charge is 2.57. The molecule has 1 aromatic heterocycles. The van der Waals surface area contributed by atoms with Crippen LogP contribution in [0.1, 0.15) is 37.9 Å². The lowest BCUT2D eigenvalue weighted by molar-refractivity contribution is -0.136. The zero-order valence-electron chi connectivity index (χ0n) is 19.0. The number of imide groups is 1. The van der Waals surface area contributed by atoms with Crippen LogP contribution in [0.15, 0.2) is 66.4 Å². The van der Waals surface area contributed by atoms with Gasteiger partial charge < -0.3 is 4.90 Å². The second-order valence-electron chi connectivity index (χ2n) is 8.82. The third-order valence-electron chi connectivity index (χ3n) is 6.78. The molecule has 0 radical (unpaired) electrons. The van der Waals surface area contributed by atoms with Crippen molar-refractivity contribution in [2.45, 2.75) is 45.2 Å². The van der Waals surface area contributed by atoms with Crippen LogP contribution in [0.3, 0.4) is 0 Å². The molecule has 0 saturated carbocycles. The molecule has 2 aliphatic rings. The van der Waals surface area contributed by atoms with Crippen LogP contribution in [0.25, 0.3) is 0 Å². The number of urea groups is 1. The summed E-state index contributed by atoms with van der Waals surface area (Å²) in [5, 5.41) is 0. The van der Waals surface area contributed by atoms with Crippen LogP contribution < -0.4 is 0 Å². The Labute approximate surface area is 190 Å². The summed E-state index contributed by atoms with van der Waals surface area (Å²) in [4.78, 5) is 37.2. The van der Waals surface area contributed by atoms with Gasteiger partial charge in [-0.3, -0.25) is 19.6 Å². The van der Waals surface area contributed by atoms with Crippen LogP contribution in [0.4, 0.5) is 4.79 Å². The van der Waals surface area contributed by atoms with E-state index in [-0.39, 0.29) is 18.5 Å². The van der Waals surface area contributed by atoms with Gasteiger partial charge in [-0.05, 0) is 50.8 Å². The maximum absolute atomic E-state index is 13.7. The minimum Gasteiger partial charge on any atom is -0.309 e. The van der Waals surface area contributed by atoms with Gasteiger partial charge >= 0.3 is 6.03 Å². The number of likely N-dealkylation sites (tertiary alicyclic amines) is 1. The van der Waals surface area contributed by atoms with Gasteiger partial charge in [0.15, 0.2) is 0 Å². The fraction of sp³-hybridized carbons (Fsp3) is 0.423. The van der Waals surface area contributed by atoms with Crippen LogP contribution in [0, 0.1) is 0 Å². The number of rotatable bonds is 7. The lowest BCUT2D eigenvalue weighted by atomic mass is 9.85. The van der Waals surface area contributed by atoms with Gasteiger partial charge in [-0.25, -0.2) is 4.79 Å². The molecule has 0 N–H and O–H groups in total. The summed E-state index contributed by atoms with van der Waals surface area (Å²) < 4.78 is 0. The van der Waals surface area contributed by atoms with Crippen molar-refractivity contribution in [1.82, 2.24) is 19.7 Å². The van der Waals surface area contributed by atoms with Crippen LogP contribution >= 0.6 is 0 Å². The Morgan fingerprint density at radius 3 is 2.44 bits per heavy atom. The molecule has 0 aliphatic carbocycles. The van der Waals surface area contributed by atoms with Crippen molar-refractivity contribution in [2.75, 3.05) is 26.2 Å². The molecule has 1 spiro atoms. The molecule has 1 aromatic carbocycles. The van der Waals surface area contributed by atoms with Crippen molar-refractivity contribution in [3.05, 3.63) is 77.6 Å². The minimum absolute atomic E-state index is 0.0661. The van der Waals surface area contributed by atoms with Crippen LogP contribution in [0.5, 0.6) is 0 Å². The van der Waals surface area contributed by atoms with E-state index in [9.17, 15) is 9.59 Å². The number of amides is 3. The fourth-order valence-corrected chi connectivity index (χ4v) is 4.78. The van der Waals surface area contributed by atoms with Gasteiger partial charge in [-0.15, -0.1) is 0 Å². The second-order valence-corrected chi connectivity index (χ2v) is 8.82. The first kappa shape index (κ1) is 22.2. The Hall–Kier alpha value is -2.99. The third-order valence-corrected chi connectivity index (χ3v) is 6.78. The Balaban J connectivity index is 1.56. The smallest absolute Gasteiger partial charge is 0.309 e. The van der Waals surface area contributed by atoms with Crippen molar-refractivity contribution in [2.24, 2.45) is 0 Å². The average Bonchev–Trinajstić information content (AvgIpc) is 3.01. The summed E-state index contributed by atoms with van der Waals surface area (Å²) in [6.45, 7) is 7.49. The maximum Gasteiger partial charge on any atom is 0.328 e. The highest BCUT2D eigenvalue weighted by atomic mass is 16.2. The van der Waals surface area contributed by atoms with E-state index in [1.54, 1.807) is 6.20 Å². The maximum atomic E-state index is 13.7. The molecule has 6 heteroatoms. The van der Waals surface area contributed by atoms with Gasteiger partial charge in [-0.1, -0.05) is 48.0 Å². The molecular formula is C26H32N4O2. The fourth-order valence-electron chi connectivity index (χ4n) is 4.78. The van der Waals surface area contributed by atoms with Gasteiger partial charge in [0.1, 0.15) is 5.54 Å². The lowest BCUT2D eigenvalue weighted by Gasteiger charge is -2.42. The van der Waals surface area contributed by atoms with E-state index in [0.29, 0.717) is 19.4 Å². The third kappa shape index (κ3) is 4.46. The standard InChI is InChI=1S/C26H32N4O2/c1-3-21(2)19-28-17-13-26(14-18-28)24(31)29(20-23-11-7-8-15-27-23)25(32)30(26)16-12-22-9-5-4-6-10-22/h3-11,15H,12-14,16-20H2,1-2H3. The van der Waals surface area contributed by atoms with Crippen LogP contribution in [-0.2, 0) is 17.8 Å². The highest BCUT2D eigenvalue weighted by molar-refractivity contribution is 6.07. The Bertz CT molecular complexity index is 966. The van der Waals surface area contributed by atoms with Gasteiger partial charge in [-0.2, -0.15) is 0 Å². The van der Waals surface area contributed by atoms with Crippen LogP contribution in [0.2, 0.25) is 0 Å². The summed E-state index contributed by atoms with van der Waals surface area (Å²) in [7, 11) is 0. The molecule has 4 rings (SSSR count). The molecule has 168 valence electrons. The van der Waals surface area contributed by atoms with Crippen molar-refractivity contribution in [1.29, 1.82) is 0 Å². The number of aromatic nitrogens is 1. The van der Waals surface area contributed by atoms with Crippen molar-refractivity contribution in [3.8, 4) is 0 Å². The number of carbonyl (C=O) groups is 2. The molecular weight excluding hydrogens is 400 g/mol. The number of hydrogen-bond acceptors (Lipinski definition) is 4. The molecule has 6 nitrogen and oxygen atoms in total. The van der Waals surface area contributed by atoms with Crippen molar-refractivity contribution < 1.29 is 9.59 Å². The Morgan fingerprint density at radius 1 is 1.06 bits per heavy atom. The van der Waals surface area contributed by atoms with E-state index >= 15 is 0 Å². The molecule has 2 aliphatic heterocycles. The number of benzene rings is 1. The van der Waals surface area contributed by atoms with Gasteiger partial charge in [0, 0.05) is 32.4 Å². The number of piperidine rings is 1. The van der Waals surface area contributed by atoms with Gasteiger partial charge in [0.2, 0.25) is 0 Å². The number of nitrogens with zero attached hydrogens (tertiary/aromatic N) is 4. The average molecular weight is 433 g/mol. The Morgan fingerprint density at radius 2 is 1.78 bits per heavy atom. The number of allylic oxidation sites excluding steroid dienone is 1. The van der Waals surface area contributed by atoms with Gasteiger partial charge in [0.05, 0.1) is 12.2 Å². The second kappa shape index (κ2) is 9.65. The topological polar surface area (TPSA) is 56.8 Å². The monoisotopic (exact) mass is 432 g/mol. The summed E-state index contributed by atoms with van der Waals surface area (Å²) >= 11 is 0. The highest BCUT2D eigenvalue weighted by Crippen LogP contribution is 2.38. The predicted molar refractivity (Wildman–Crippen MR) is 125 cm³/mol. The molecule has 2 fully saturated rings. The zero-order valence-corrected chi connectivity index (χ0v) is 19.0. The Kier molecular flexibility index (Phi) is 6.70. The zero-order chi connectivity index (χ0) is 22.6. The summed E-state index contributed by atoms with van der Waals surface area (Å²) in [5.74, 6) is -0.0661. The molecule has 3 amide bonds. The molecule has 0 unspecified atom stereocenters. The first-order chi connectivity index (χ1) is 15.5. The number of pyridine rings is 1. The summed E-state index contributed by atoms with van der Waals surface area (Å²) in [6.07, 6.45) is 5.91. The van der Waals surface area contributed by atoms with E-state index in [1.807, 2.05) is 41.3 Å². The van der Waals surface area contributed by atoms with E-state index in [2.05, 4.69) is 41.9 Å². The molecule has 0 bridgehead atoms. The first-order valence-electron chi connectivity index (χ1n) is 11.4. The van der Waals surface area contributed by atoms with E-state index in [1.165, 1.54) is 16.0 Å². The normalized spacial score (nSPS) is 19.2.